The van der Waals surface area contributed by atoms with Crippen LogP contribution in [0.3, 0.4) is 0 Å². The van der Waals surface area contributed by atoms with Gasteiger partial charge in [0.15, 0.2) is 11.6 Å². The number of amides is 2. The minimum Gasteiger partial charge on any atom is -0.444 e. The third kappa shape index (κ3) is 5.56. The van der Waals surface area contributed by atoms with Crippen LogP contribution in [0, 0.1) is 11.6 Å². The van der Waals surface area contributed by atoms with Gasteiger partial charge in [-0.15, -0.1) is 0 Å². The lowest BCUT2D eigenvalue weighted by molar-refractivity contribution is -0.174. The van der Waals surface area contributed by atoms with E-state index in [0.29, 0.717) is 0 Å². The highest BCUT2D eigenvalue weighted by Gasteiger charge is 2.43. The summed E-state index contributed by atoms with van der Waals surface area (Å²) in [6.07, 6.45) is -5.72. The van der Waals surface area contributed by atoms with Crippen molar-refractivity contribution in [2.24, 2.45) is 0 Å². The number of hydrogen-bond donors (Lipinski definition) is 1. The van der Waals surface area contributed by atoms with Crippen molar-refractivity contribution in [3.63, 3.8) is 0 Å². The number of carbonyl (C=O) groups excluding carboxylic acids is 2. The van der Waals surface area contributed by atoms with Gasteiger partial charge in [0.1, 0.15) is 5.60 Å². The van der Waals surface area contributed by atoms with E-state index < -0.39 is 47.4 Å². The van der Waals surface area contributed by atoms with Crippen LogP contribution < -0.4 is 5.32 Å². The molecule has 1 saturated heterocycles. The number of alkyl halides is 3. The number of nitrogens with zero attached hydrogens (tertiary/aromatic N) is 1. The fraction of sp³-hybridized carbons (Fsp3) is 0.556. The highest BCUT2D eigenvalue weighted by Crippen LogP contribution is 2.31. The molecule has 5 nitrogen and oxygen atoms in total. The van der Waals surface area contributed by atoms with Crippen LogP contribution >= 0.6 is 0 Å². The van der Waals surface area contributed by atoms with E-state index in [1.54, 1.807) is 20.8 Å². The molecule has 2 atom stereocenters. The summed E-state index contributed by atoms with van der Waals surface area (Å²) in [6.45, 7) is 4.78. The van der Waals surface area contributed by atoms with Gasteiger partial charge in [0.05, 0.1) is 6.04 Å². The predicted molar refractivity (Wildman–Crippen MR) is 89.5 cm³/mol. The molecule has 1 aliphatic heterocycles. The van der Waals surface area contributed by atoms with E-state index in [0.717, 1.165) is 12.1 Å². The lowest BCUT2D eigenvalue weighted by Crippen LogP contribution is -2.56. The third-order valence-electron chi connectivity index (χ3n) is 4.21. The first kappa shape index (κ1) is 21.9. The van der Waals surface area contributed by atoms with Crippen LogP contribution in [0.5, 0.6) is 0 Å². The van der Waals surface area contributed by atoms with Crippen molar-refractivity contribution in [3.8, 4) is 0 Å². The third-order valence-corrected chi connectivity index (χ3v) is 4.21. The van der Waals surface area contributed by atoms with Gasteiger partial charge in [-0.2, -0.15) is 13.2 Å². The first-order chi connectivity index (χ1) is 12.8. The Morgan fingerprint density at radius 1 is 1.14 bits per heavy atom. The summed E-state index contributed by atoms with van der Waals surface area (Å²) in [5.74, 6) is -5.14. The number of likely N-dealkylation sites (tertiary alicyclic amines) is 1. The SMILES string of the molecule is CC(C)(C)OC(=O)N1CC[C@@H](c2ccc(F)c(F)c2)[C@H](NC(=O)C(F)(F)F)C1. The lowest BCUT2D eigenvalue weighted by Gasteiger charge is -2.39. The van der Waals surface area contributed by atoms with E-state index in [1.165, 1.54) is 11.0 Å². The summed E-state index contributed by atoms with van der Waals surface area (Å²) in [5, 5.41) is 1.86. The van der Waals surface area contributed by atoms with Gasteiger partial charge < -0.3 is 15.0 Å². The molecule has 1 aromatic rings. The molecule has 156 valence electrons. The Kier molecular flexibility index (Phi) is 6.20. The van der Waals surface area contributed by atoms with Gasteiger partial charge in [-0.1, -0.05) is 6.07 Å². The number of ether oxygens (including phenoxy) is 1. The minimum atomic E-state index is -5.12. The van der Waals surface area contributed by atoms with Gasteiger partial charge in [-0.25, -0.2) is 13.6 Å². The number of nitrogens with one attached hydrogen (secondary N) is 1. The van der Waals surface area contributed by atoms with Gasteiger partial charge in [0.2, 0.25) is 0 Å². The van der Waals surface area contributed by atoms with Crippen molar-refractivity contribution in [1.29, 1.82) is 0 Å². The zero-order valence-corrected chi connectivity index (χ0v) is 15.6. The second kappa shape index (κ2) is 7.92. The largest absolute Gasteiger partial charge is 0.471 e. The molecule has 10 heteroatoms. The number of hydrogen-bond acceptors (Lipinski definition) is 3. The van der Waals surface area contributed by atoms with Crippen LogP contribution in [0.2, 0.25) is 0 Å². The Hall–Kier alpha value is -2.39. The summed E-state index contributed by atoms with van der Waals surface area (Å²) in [6, 6.07) is 1.85. The van der Waals surface area contributed by atoms with Crippen LogP contribution in [0.1, 0.15) is 38.7 Å². The van der Waals surface area contributed by atoms with E-state index in [1.807, 2.05) is 5.32 Å². The van der Waals surface area contributed by atoms with Crippen LogP contribution in [-0.2, 0) is 9.53 Å². The maximum Gasteiger partial charge on any atom is 0.471 e. The molecule has 0 bridgehead atoms. The van der Waals surface area contributed by atoms with Crippen LogP contribution in [-0.4, -0.2) is 47.8 Å². The van der Waals surface area contributed by atoms with Crippen molar-refractivity contribution < 1.29 is 36.3 Å². The molecule has 1 aliphatic rings. The molecule has 1 N–H and O–H groups in total. The molecule has 0 unspecified atom stereocenters. The summed E-state index contributed by atoms with van der Waals surface area (Å²) < 4.78 is 70.1. The maximum absolute atomic E-state index is 13.6. The van der Waals surface area contributed by atoms with Gasteiger partial charge in [0.25, 0.3) is 0 Å². The number of halogens is 5. The fourth-order valence-electron chi connectivity index (χ4n) is 2.98. The molecule has 28 heavy (non-hydrogen) atoms. The average molecular weight is 408 g/mol. The monoisotopic (exact) mass is 408 g/mol. The van der Waals surface area contributed by atoms with Crippen LogP contribution in [0.15, 0.2) is 18.2 Å². The molecule has 2 rings (SSSR count). The molecule has 1 heterocycles. The quantitative estimate of drug-likeness (QED) is 0.759. The summed E-state index contributed by atoms with van der Waals surface area (Å²) in [7, 11) is 0. The lowest BCUT2D eigenvalue weighted by atomic mass is 9.85. The Labute approximate surface area is 158 Å². The normalized spacial score (nSPS) is 20.6. The standard InChI is InChI=1S/C18H21F5N2O3/c1-17(2,3)28-16(27)25-7-6-11(10-4-5-12(19)13(20)8-10)14(9-25)24-15(26)18(21,22)23/h4-5,8,11,14H,6-7,9H2,1-3H3,(H,24,26)/t11-,14+/m0/s1. The molecule has 0 aromatic heterocycles. The number of carbonyl (C=O) groups is 2. The summed E-state index contributed by atoms with van der Waals surface area (Å²) in [4.78, 5) is 24.9. The summed E-state index contributed by atoms with van der Waals surface area (Å²) >= 11 is 0. The van der Waals surface area contributed by atoms with Gasteiger partial charge in [0, 0.05) is 19.0 Å². The number of rotatable bonds is 2. The van der Waals surface area contributed by atoms with E-state index in [4.69, 9.17) is 4.74 Å². The molecular weight excluding hydrogens is 387 g/mol. The van der Waals surface area contributed by atoms with Crippen molar-refractivity contribution >= 4 is 12.0 Å². The van der Waals surface area contributed by atoms with Crippen molar-refractivity contribution in [3.05, 3.63) is 35.4 Å². The number of piperidine rings is 1. The Morgan fingerprint density at radius 2 is 1.79 bits per heavy atom. The zero-order valence-electron chi connectivity index (χ0n) is 15.6. The van der Waals surface area contributed by atoms with Crippen LogP contribution in [0.25, 0.3) is 0 Å². The molecule has 0 aliphatic carbocycles. The highest BCUT2D eigenvalue weighted by atomic mass is 19.4. The van der Waals surface area contributed by atoms with Gasteiger partial charge >= 0.3 is 18.2 Å². The Morgan fingerprint density at radius 3 is 2.32 bits per heavy atom. The second-order valence-electron chi connectivity index (χ2n) is 7.57. The summed E-state index contributed by atoms with van der Waals surface area (Å²) in [5.41, 5.74) is -0.575. The molecule has 0 saturated carbocycles. The smallest absolute Gasteiger partial charge is 0.444 e. The zero-order chi connectivity index (χ0) is 21.3. The molecule has 2 amide bonds. The second-order valence-corrected chi connectivity index (χ2v) is 7.57. The number of benzene rings is 1. The van der Waals surface area contributed by atoms with Gasteiger partial charge in [-0.3, -0.25) is 4.79 Å². The van der Waals surface area contributed by atoms with Crippen molar-refractivity contribution in [1.82, 2.24) is 10.2 Å². The highest BCUT2D eigenvalue weighted by molar-refractivity contribution is 5.82. The maximum atomic E-state index is 13.6. The van der Waals surface area contributed by atoms with Gasteiger partial charge in [-0.05, 0) is 44.9 Å². The molecular formula is C18H21F5N2O3. The van der Waals surface area contributed by atoms with Crippen LogP contribution in [0.4, 0.5) is 26.7 Å². The first-order valence-electron chi connectivity index (χ1n) is 8.58. The van der Waals surface area contributed by atoms with E-state index in [-0.39, 0.29) is 25.1 Å². The van der Waals surface area contributed by atoms with E-state index in [2.05, 4.69) is 0 Å². The van der Waals surface area contributed by atoms with Crippen molar-refractivity contribution in [2.45, 2.75) is 50.9 Å². The fourth-order valence-corrected chi connectivity index (χ4v) is 2.98. The Balaban J connectivity index is 2.26. The molecule has 1 aromatic carbocycles. The van der Waals surface area contributed by atoms with Crippen molar-refractivity contribution in [2.75, 3.05) is 13.1 Å². The first-order valence-corrected chi connectivity index (χ1v) is 8.58. The molecule has 1 fully saturated rings. The molecule has 0 spiro atoms. The van der Waals surface area contributed by atoms with E-state index >= 15 is 0 Å². The molecule has 0 radical (unpaired) electrons. The Bertz CT molecular complexity index is 746. The topological polar surface area (TPSA) is 58.6 Å². The average Bonchev–Trinajstić information content (AvgIpc) is 2.55. The van der Waals surface area contributed by atoms with E-state index in [9.17, 15) is 31.5 Å². The predicted octanol–water partition coefficient (Wildman–Crippen LogP) is 3.74. The minimum absolute atomic E-state index is 0.122.